The maximum atomic E-state index is 11.9. The Morgan fingerprint density at radius 2 is 1.88 bits per heavy atom. The minimum atomic E-state index is -0.660. The fourth-order valence-electron chi connectivity index (χ4n) is 2.05. The molecule has 26 heavy (non-hydrogen) atoms. The summed E-state index contributed by atoms with van der Waals surface area (Å²) in [5.41, 5.74) is 0.984. The number of ether oxygens (including phenoxy) is 1. The number of carbonyl (C=O) groups is 2. The molecule has 1 N–H and O–H groups in total. The number of rotatable bonds is 9. The van der Waals surface area contributed by atoms with Gasteiger partial charge < -0.3 is 14.9 Å². The third-order valence-corrected chi connectivity index (χ3v) is 3.63. The Labute approximate surface area is 159 Å². The highest BCUT2D eigenvalue weighted by atomic mass is 35.5. The molecule has 7 heteroatoms. The Morgan fingerprint density at radius 1 is 1.23 bits per heavy atom. The van der Waals surface area contributed by atoms with Gasteiger partial charge in [0, 0.05) is 0 Å². The summed E-state index contributed by atoms with van der Waals surface area (Å²) < 4.78 is 5.18. The highest BCUT2D eigenvalue weighted by Crippen LogP contribution is 2.09. The monoisotopic (exact) mass is 382 g/mol. The van der Waals surface area contributed by atoms with Crippen LogP contribution in [0.3, 0.4) is 0 Å². The summed E-state index contributed by atoms with van der Waals surface area (Å²) in [6.07, 6.45) is 0.176. The highest BCUT2D eigenvalue weighted by molar-refractivity contribution is 6.28. The van der Waals surface area contributed by atoms with Crippen molar-refractivity contribution in [1.82, 2.24) is 5.32 Å². The SMILES string of the molecule is CC(=O)C(CC/C(CCl)=N\OCc1ccccc1)NC(=O)OC(C)(C)C. The second-order valence-corrected chi connectivity index (χ2v) is 7.17. The summed E-state index contributed by atoms with van der Waals surface area (Å²) in [5, 5.41) is 6.62. The molecular formula is C19H27ClN2O4. The Morgan fingerprint density at radius 3 is 2.42 bits per heavy atom. The standard InChI is InChI=1S/C19H27ClN2O4/c1-14(23)17(21-18(24)26-19(2,3)4)11-10-16(12-20)22-25-13-15-8-6-5-7-9-15/h5-9,17H,10-13H2,1-4H3,(H,21,24)/b22-16+. The minimum absolute atomic E-state index is 0.157. The van der Waals surface area contributed by atoms with Gasteiger partial charge in [0.1, 0.15) is 12.2 Å². The van der Waals surface area contributed by atoms with E-state index in [9.17, 15) is 9.59 Å². The number of hydrogen-bond acceptors (Lipinski definition) is 5. The van der Waals surface area contributed by atoms with Gasteiger partial charge in [0.2, 0.25) is 0 Å². The Kier molecular flexibility index (Phi) is 9.13. The van der Waals surface area contributed by atoms with E-state index >= 15 is 0 Å². The molecule has 0 aromatic heterocycles. The van der Waals surface area contributed by atoms with Crippen molar-refractivity contribution in [2.75, 3.05) is 5.88 Å². The van der Waals surface area contributed by atoms with Crippen LogP contribution < -0.4 is 5.32 Å². The lowest BCUT2D eigenvalue weighted by Crippen LogP contribution is -2.43. The first-order valence-corrected chi connectivity index (χ1v) is 9.02. The Bertz CT molecular complexity index is 612. The summed E-state index contributed by atoms with van der Waals surface area (Å²) in [6, 6.07) is 8.98. The molecule has 1 atom stereocenters. The summed E-state index contributed by atoms with van der Waals surface area (Å²) >= 11 is 5.90. The molecule has 1 rings (SSSR count). The topological polar surface area (TPSA) is 77.0 Å². The summed E-state index contributed by atoms with van der Waals surface area (Å²) in [4.78, 5) is 28.9. The van der Waals surface area contributed by atoms with Gasteiger partial charge in [-0.2, -0.15) is 0 Å². The van der Waals surface area contributed by atoms with E-state index in [4.69, 9.17) is 21.2 Å². The molecular weight excluding hydrogens is 356 g/mol. The number of nitrogens with one attached hydrogen (secondary N) is 1. The van der Waals surface area contributed by atoms with Crippen LogP contribution in [0.25, 0.3) is 0 Å². The normalized spacial score (nSPS) is 13.0. The van der Waals surface area contributed by atoms with E-state index in [1.165, 1.54) is 6.92 Å². The van der Waals surface area contributed by atoms with Crippen molar-refractivity contribution in [3.63, 3.8) is 0 Å². The number of alkyl carbamates (subject to hydrolysis) is 1. The van der Waals surface area contributed by atoms with Crippen molar-refractivity contribution >= 4 is 29.2 Å². The van der Waals surface area contributed by atoms with Gasteiger partial charge in [0.15, 0.2) is 5.78 Å². The van der Waals surface area contributed by atoms with Crippen LogP contribution in [0, 0.1) is 0 Å². The predicted octanol–water partition coefficient (Wildman–Crippen LogP) is 4.06. The minimum Gasteiger partial charge on any atom is -0.444 e. The van der Waals surface area contributed by atoms with Crippen LogP contribution in [0.1, 0.15) is 46.1 Å². The lowest BCUT2D eigenvalue weighted by molar-refractivity contribution is -0.119. The number of nitrogens with zero attached hydrogens (tertiary/aromatic N) is 1. The first-order chi connectivity index (χ1) is 12.2. The molecule has 0 spiro atoms. The number of benzene rings is 1. The van der Waals surface area contributed by atoms with Crippen molar-refractivity contribution < 1.29 is 19.2 Å². The van der Waals surface area contributed by atoms with Gasteiger partial charge in [-0.15, -0.1) is 11.6 Å². The molecule has 0 saturated carbocycles. The molecule has 1 unspecified atom stereocenters. The number of ketones is 1. The van der Waals surface area contributed by atoms with Gasteiger partial charge in [-0.3, -0.25) is 4.79 Å². The number of hydrogen-bond donors (Lipinski definition) is 1. The fourth-order valence-corrected chi connectivity index (χ4v) is 2.23. The lowest BCUT2D eigenvalue weighted by atomic mass is 10.1. The highest BCUT2D eigenvalue weighted by Gasteiger charge is 2.22. The number of oxime groups is 1. The smallest absolute Gasteiger partial charge is 0.408 e. The van der Waals surface area contributed by atoms with Crippen LogP contribution in [0.2, 0.25) is 0 Å². The Balaban J connectivity index is 2.52. The van der Waals surface area contributed by atoms with Crippen LogP contribution >= 0.6 is 11.6 Å². The predicted molar refractivity (Wildman–Crippen MR) is 102 cm³/mol. The van der Waals surface area contributed by atoms with Crippen LogP contribution in [0.4, 0.5) is 4.79 Å². The van der Waals surface area contributed by atoms with Crippen LogP contribution in [0.5, 0.6) is 0 Å². The number of alkyl halides is 1. The van der Waals surface area contributed by atoms with E-state index in [2.05, 4.69) is 10.5 Å². The molecule has 0 aliphatic carbocycles. The summed E-state index contributed by atoms with van der Waals surface area (Å²) in [5.74, 6) is 0.0289. The molecule has 6 nitrogen and oxygen atoms in total. The van der Waals surface area contributed by atoms with Crippen molar-refractivity contribution in [3.05, 3.63) is 35.9 Å². The first kappa shape index (κ1) is 22.0. The molecule has 1 amide bonds. The van der Waals surface area contributed by atoms with Gasteiger partial charge in [-0.25, -0.2) is 4.79 Å². The molecule has 1 aromatic rings. The third kappa shape index (κ3) is 9.42. The van der Waals surface area contributed by atoms with Gasteiger partial charge in [-0.1, -0.05) is 35.5 Å². The number of amides is 1. The zero-order valence-electron chi connectivity index (χ0n) is 15.8. The molecule has 144 valence electrons. The number of carbonyl (C=O) groups excluding carboxylic acids is 2. The van der Waals surface area contributed by atoms with Crippen LogP contribution in [-0.4, -0.2) is 35.1 Å². The molecule has 0 fully saturated rings. The zero-order chi connectivity index (χ0) is 19.6. The van der Waals surface area contributed by atoms with E-state index in [-0.39, 0.29) is 11.7 Å². The van der Waals surface area contributed by atoms with Gasteiger partial charge in [0.05, 0.1) is 17.6 Å². The third-order valence-electron chi connectivity index (χ3n) is 3.33. The second kappa shape index (κ2) is 10.8. The van der Waals surface area contributed by atoms with E-state index in [1.54, 1.807) is 20.8 Å². The van der Waals surface area contributed by atoms with Crippen molar-refractivity contribution in [2.45, 2.75) is 58.8 Å². The Hall–Kier alpha value is -2.08. The van der Waals surface area contributed by atoms with Gasteiger partial charge in [-0.05, 0) is 46.1 Å². The second-order valence-electron chi connectivity index (χ2n) is 6.90. The number of Topliss-reactive ketones (excluding diaryl/α,β-unsaturated/α-hetero) is 1. The fraction of sp³-hybridized carbons (Fsp3) is 0.526. The lowest BCUT2D eigenvalue weighted by Gasteiger charge is -2.22. The van der Waals surface area contributed by atoms with E-state index in [0.717, 1.165) is 5.56 Å². The zero-order valence-corrected chi connectivity index (χ0v) is 16.5. The maximum Gasteiger partial charge on any atom is 0.408 e. The van der Waals surface area contributed by atoms with Crippen LogP contribution in [-0.2, 0) is 21.0 Å². The van der Waals surface area contributed by atoms with Crippen LogP contribution in [0.15, 0.2) is 35.5 Å². The first-order valence-electron chi connectivity index (χ1n) is 8.49. The number of halogens is 1. The maximum absolute atomic E-state index is 11.9. The van der Waals surface area contributed by atoms with E-state index in [0.29, 0.717) is 25.2 Å². The van der Waals surface area contributed by atoms with Crippen molar-refractivity contribution in [1.29, 1.82) is 0 Å². The summed E-state index contributed by atoms with van der Waals surface area (Å²) in [7, 11) is 0. The average molecular weight is 383 g/mol. The van der Waals surface area contributed by atoms with E-state index in [1.807, 2.05) is 30.3 Å². The molecule has 0 saturated heterocycles. The molecule has 0 heterocycles. The largest absolute Gasteiger partial charge is 0.444 e. The molecule has 0 aliphatic rings. The molecule has 1 aromatic carbocycles. The molecule has 0 aliphatic heterocycles. The molecule has 0 radical (unpaired) electrons. The van der Waals surface area contributed by atoms with Crippen molar-refractivity contribution in [3.8, 4) is 0 Å². The molecule has 0 bridgehead atoms. The van der Waals surface area contributed by atoms with E-state index < -0.39 is 17.7 Å². The van der Waals surface area contributed by atoms with Gasteiger partial charge in [0.25, 0.3) is 0 Å². The summed E-state index contributed by atoms with van der Waals surface area (Å²) in [6.45, 7) is 7.05. The van der Waals surface area contributed by atoms with Gasteiger partial charge >= 0.3 is 6.09 Å². The van der Waals surface area contributed by atoms with Crippen molar-refractivity contribution in [2.24, 2.45) is 5.16 Å². The quantitative estimate of drug-likeness (QED) is 0.397. The average Bonchev–Trinajstić information content (AvgIpc) is 2.55.